The molecule has 0 amide bonds. The largest absolute Gasteiger partial charge is 0.309 e. The first-order valence-electron chi connectivity index (χ1n) is 4.96. The molecule has 1 heterocycles. The molecule has 0 aliphatic carbocycles. The van der Waals surface area contributed by atoms with Crippen LogP contribution in [-0.4, -0.2) is 16.8 Å². The molecular formula is C10H18N2S2. The van der Waals surface area contributed by atoms with Crippen LogP contribution in [0.4, 0.5) is 0 Å². The quantitative estimate of drug-likeness (QED) is 0.813. The number of thiazole rings is 1. The van der Waals surface area contributed by atoms with E-state index in [1.165, 1.54) is 16.5 Å². The van der Waals surface area contributed by atoms with Crippen molar-refractivity contribution in [1.82, 2.24) is 10.3 Å². The molecule has 1 aromatic rings. The first-order chi connectivity index (χ1) is 6.72. The second-order valence-corrected chi connectivity index (χ2v) is 5.62. The minimum atomic E-state index is 0.533. The highest BCUT2D eigenvalue weighted by Crippen LogP contribution is 2.16. The molecule has 0 atom stereocenters. The number of rotatable bonds is 6. The normalized spacial score (nSPS) is 11.1. The SMILES string of the molecule is CCSCc1nc(CNC(C)C)cs1. The zero-order valence-corrected chi connectivity index (χ0v) is 10.7. The second kappa shape index (κ2) is 6.43. The van der Waals surface area contributed by atoms with Crippen molar-refractivity contribution in [2.24, 2.45) is 0 Å². The third-order valence-electron chi connectivity index (χ3n) is 1.72. The van der Waals surface area contributed by atoms with Crippen molar-refractivity contribution in [3.8, 4) is 0 Å². The van der Waals surface area contributed by atoms with Gasteiger partial charge in [-0.25, -0.2) is 4.98 Å². The molecule has 0 unspecified atom stereocenters. The van der Waals surface area contributed by atoms with Crippen molar-refractivity contribution in [1.29, 1.82) is 0 Å². The van der Waals surface area contributed by atoms with Crippen molar-refractivity contribution in [2.75, 3.05) is 5.75 Å². The number of nitrogens with one attached hydrogen (secondary N) is 1. The van der Waals surface area contributed by atoms with E-state index in [1.54, 1.807) is 11.3 Å². The van der Waals surface area contributed by atoms with E-state index >= 15 is 0 Å². The van der Waals surface area contributed by atoms with Crippen LogP contribution in [0.3, 0.4) is 0 Å². The summed E-state index contributed by atoms with van der Waals surface area (Å²) in [6, 6.07) is 0.533. The maximum Gasteiger partial charge on any atom is 0.103 e. The Labute approximate surface area is 94.5 Å². The zero-order valence-electron chi connectivity index (χ0n) is 9.04. The van der Waals surface area contributed by atoms with E-state index in [-0.39, 0.29) is 0 Å². The van der Waals surface area contributed by atoms with Gasteiger partial charge in [0.25, 0.3) is 0 Å². The Hall–Kier alpha value is -0.0600. The Morgan fingerprint density at radius 2 is 2.36 bits per heavy atom. The van der Waals surface area contributed by atoms with Crippen LogP contribution < -0.4 is 5.32 Å². The fourth-order valence-electron chi connectivity index (χ4n) is 0.994. The fraction of sp³-hybridized carbons (Fsp3) is 0.700. The highest BCUT2D eigenvalue weighted by Gasteiger charge is 2.02. The zero-order chi connectivity index (χ0) is 10.4. The monoisotopic (exact) mass is 230 g/mol. The molecule has 0 spiro atoms. The van der Waals surface area contributed by atoms with Crippen molar-refractivity contribution < 1.29 is 0 Å². The van der Waals surface area contributed by atoms with Gasteiger partial charge in [-0.2, -0.15) is 11.8 Å². The Morgan fingerprint density at radius 1 is 1.57 bits per heavy atom. The number of nitrogens with zero attached hydrogens (tertiary/aromatic N) is 1. The molecule has 1 N–H and O–H groups in total. The molecule has 1 aromatic heterocycles. The third-order valence-corrected chi connectivity index (χ3v) is 3.69. The molecule has 2 nitrogen and oxygen atoms in total. The summed E-state index contributed by atoms with van der Waals surface area (Å²) in [6.07, 6.45) is 0. The summed E-state index contributed by atoms with van der Waals surface area (Å²) in [4.78, 5) is 4.55. The Morgan fingerprint density at radius 3 is 3.00 bits per heavy atom. The topological polar surface area (TPSA) is 24.9 Å². The van der Waals surface area contributed by atoms with E-state index in [0.717, 1.165) is 12.3 Å². The first-order valence-corrected chi connectivity index (χ1v) is 7.00. The maximum absolute atomic E-state index is 4.55. The van der Waals surface area contributed by atoms with E-state index < -0.39 is 0 Å². The maximum atomic E-state index is 4.55. The fourth-order valence-corrected chi connectivity index (χ4v) is 2.54. The summed E-state index contributed by atoms with van der Waals surface area (Å²) in [5.41, 5.74) is 1.18. The predicted molar refractivity (Wildman–Crippen MR) is 65.9 cm³/mol. The average Bonchev–Trinajstić information content (AvgIpc) is 2.59. The van der Waals surface area contributed by atoms with E-state index in [2.05, 4.69) is 36.5 Å². The highest BCUT2D eigenvalue weighted by atomic mass is 32.2. The van der Waals surface area contributed by atoms with Crippen molar-refractivity contribution in [3.63, 3.8) is 0 Å². The van der Waals surface area contributed by atoms with Gasteiger partial charge in [-0.1, -0.05) is 20.8 Å². The van der Waals surface area contributed by atoms with Crippen LogP contribution in [-0.2, 0) is 12.3 Å². The Kier molecular flexibility index (Phi) is 5.52. The minimum Gasteiger partial charge on any atom is -0.309 e. The second-order valence-electron chi connectivity index (χ2n) is 3.41. The van der Waals surface area contributed by atoms with Crippen LogP contribution in [0.5, 0.6) is 0 Å². The first kappa shape index (κ1) is 12.0. The van der Waals surface area contributed by atoms with Crippen LogP contribution >= 0.6 is 23.1 Å². The summed E-state index contributed by atoms with van der Waals surface area (Å²) in [5, 5.41) is 6.77. The molecule has 0 radical (unpaired) electrons. The lowest BCUT2D eigenvalue weighted by Gasteiger charge is -2.04. The third kappa shape index (κ3) is 4.44. The molecule has 0 aromatic carbocycles. The molecular weight excluding hydrogens is 212 g/mol. The number of hydrogen-bond donors (Lipinski definition) is 1. The Bertz CT molecular complexity index is 258. The predicted octanol–water partition coefficient (Wildman–Crippen LogP) is 2.89. The lowest BCUT2D eigenvalue weighted by molar-refractivity contribution is 0.582. The van der Waals surface area contributed by atoms with Crippen LogP contribution in [0.15, 0.2) is 5.38 Å². The lowest BCUT2D eigenvalue weighted by Crippen LogP contribution is -2.21. The van der Waals surface area contributed by atoms with Gasteiger partial charge in [-0.15, -0.1) is 11.3 Å². The minimum absolute atomic E-state index is 0.533. The molecule has 1 rings (SSSR count). The highest BCUT2D eigenvalue weighted by molar-refractivity contribution is 7.98. The van der Waals surface area contributed by atoms with Crippen LogP contribution in [0.1, 0.15) is 31.5 Å². The lowest BCUT2D eigenvalue weighted by atomic mass is 10.4. The van der Waals surface area contributed by atoms with Crippen LogP contribution in [0, 0.1) is 0 Å². The smallest absolute Gasteiger partial charge is 0.103 e. The van der Waals surface area contributed by atoms with E-state index in [1.807, 2.05) is 11.8 Å². The average molecular weight is 230 g/mol. The molecule has 0 aliphatic heterocycles. The molecule has 80 valence electrons. The Balaban J connectivity index is 2.35. The van der Waals surface area contributed by atoms with E-state index in [0.29, 0.717) is 6.04 Å². The summed E-state index contributed by atoms with van der Waals surface area (Å²) in [6.45, 7) is 7.38. The van der Waals surface area contributed by atoms with Gasteiger partial charge in [0.1, 0.15) is 5.01 Å². The van der Waals surface area contributed by atoms with Gasteiger partial charge in [-0.05, 0) is 5.75 Å². The van der Waals surface area contributed by atoms with Gasteiger partial charge in [0, 0.05) is 23.7 Å². The van der Waals surface area contributed by atoms with E-state index in [4.69, 9.17) is 0 Å². The summed E-state index contributed by atoms with van der Waals surface area (Å²) >= 11 is 3.70. The summed E-state index contributed by atoms with van der Waals surface area (Å²) < 4.78 is 0. The molecule has 0 bridgehead atoms. The molecule has 0 saturated carbocycles. The van der Waals surface area contributed by atoms with Gasteiger partial charge in [0.15, 0.2) is 0 Å². The molecule has 14 heavy (non-hydrogen) atoms. The van der Waals surface area contributed by atoms with Crippen molar-refractivity contribution >= 4 is 23.1 Å². The van der Waals surface area contributed by atoms with Crippen molar-refractivity contribution in [3.05, 3.63) is 16.1 Å². The summed E-state index contributed by atoms with van der Waals surface area (Å²) in [7, 11) is 0. The summed E-state index contributed by atoms with van der Waals surface area (Å²) in [5.74, 6) is 2.22. The molecule has 0 fully saturated rings. The van der Waals surface area contributed by atoms with Crippen molar-refractivity contribution in [2.45, 2.75) is 39.1 Å². The number of aromatic nitrogens is 1. The molecule has 0 aliphatic rings. The number of thioether (sulfide) groups is 1. The standard InChI is InChI=1S/C10H18N2S2/c1-4-13-7-10-12-9(6-14-10)5-11-8(2)3/h6,8,11H,4-5,7H2,1-3H3. The van der Waals surface area contributed by atoms with Gasteiger partial charge in [0.2, 0.25) is 0 Å². The van der Waals surface area contributed by atoms with Crippen LogP contribution in [0.2, 0.25) is 0 Å². The molecule has 4 heteroatoms. The molecule has 0 saturated heterocycles. The van der Waals surface area contributed by atoms with Gasteiger partial charge in [0.05, 0.1) is 5.69 Å². The van der Waals surface area contributed by atoms with Gasteiger partial charge >= 0.3 is 0 Å². The van der Waals surface area contributed by atoms with Crippen LogP contribution in [0.25, 0.3) is 0 Å². The number of hydrogen-bond acceptors (Lipinski definition) is 4. The van der Waals surface area contributed by atoms with Gasteiger partial charge < -0.3 is 5.32 Å². The van der Waals surface area contributed by atoms with E-state index in [9.17, 15) is 0 Å². The van der Waals surface area contributed by atoms with Gasteiger partial charge in [-0.3, -0.25) is 0 Å².